The summed E-state index contributed by atoms with van der Waals surface area (Å²) in [4.78, 5) is 13.0. The van der Waals surface area contributed by atoms with Gasteiger partial charge in [-0.3, -0.25) is 10.1 Å². The SMILES string of the molecule is CC1CCN(c2ccc(S(=O)(=O)N3CCOCC3)cc2[N+](=O)[O-])C1C. The lowest BCUT2D eigenvalue weighted by Crippen LogP contribution is -2.40. The first-order valence-electron chi connectivity index (χ1n) is 8.45. The minimum Gasteiger partial charge on any atom is -0.379 e. The summed E-state index contributed by atoms with van der Waals surface area (Å²) in [5.74, 6) is 0.441. The van der Waals surface area contributed by atoms with Crippen molar-refractivity contribution in [1.82, 2.24) is 4.31 Å². The second kappa shape index (κ2) is 6.89. The molecule has 8 nitrogen and oxygen atoms in total. The topological polar surface area (TPSA) is 93.0 Å². The summed E-state index contributed by atoms with van der Waals surface area (Å²) in [7, 11) is -3.75. The highest BCUT2D eigenvalue weighted by Gasteiger charge is 2.34. The van der Waals surface area contributed by atoms with E-state index < -0.39 is 14.9 Å². The molecule has 2 atom stereocenters. The Balaban J connectivity index is 1.98. The maximum absolute atomic E-state index is 12.7. The molecule has 0 aliphatic carbocycles. The molecule has 0 saturated carbocycles. The van der Waals surface area contributed by atoms with Gasteiger partial charge in [0.2, 0.25) is 10.0 Å². The molecule has 1 aromatic carbocycles. The Morgan fingerprint density at radius 2 is 1.88 bits per heavy atom. The van der Waals surface area contributed by atoms with E-state index in [2.05, 4.69) is 6.92 Å². The molecule has 0 amide bonds. The van der Waals surface area contributed by atoms with Crippen molar-refractivity contribution in [2.75, 3.05) is 37.7 Å². The zero-order chi connectivity index (χ0) is 18.2. The highest BCUT2D eigenvalue weighted by atomic mass is 32.2. The predicted molar refractivity (Wildman–Crippen MR) is 93.3 cm³/mol. The fraction of sp³-hybridized carbons (Fsp3) is 0.625. The van der Waals surface area contributed by atoms with Crippen LogP contribution in [0, 0.1) is 16.0 Å². The van der Waals surface area contributed by atoms with Crippen molar-refractivity contribution in [2.24, 2.45) is 5.92 Å². The van der Waals surface area contributed by atoms with Gasteiger partial charge in [0.25, 0.3) is 5.69 Å². The predicted octanol–water partition coefficient (Wildman–Crippen LogP) is 1.85. The Bertz CT molecular complexity index is 761. The van der Waals surface area contributed by atoms with Crippen molar-refractivity contribution < 1.29 is 18.1 Å². The third kappa shape index (κ3) is 3.36. The third-order valence-electron chi connectivity index (χ3n) is 5.20. The Morgan fingerprint density at radius 3 is 2.44 bits per heavy atom. The first-order valence-corrected chi connectivity index (χ1v) is 9.89. The molecule has 9 heteroatoms. The zero-order valence-corrected chi connectivity index (χ0v) is 15.2. The number of nitro groups is 1. The number of hydrogen-bond donors (Lipinski definition) is 0. The highest BCUT2D eigenvalue weighted by molar-refractivity contribution is 7.89. The minimum absolute atomic E-state index is 0.0373. The molecule has 25 heavy (non-hydrogen) atoms. The lowest BCUT2D eigenvalue weighted by molar-refractivity contribution is -0.384. The average molecular weight is 369 g/mol. The summed E-state index contributed by atoms with van der Waals surface area (Å²) in [5.41, 5.74) is 0.332. The lowest BCUT2D eigenvalue weighted by Gasteiger charge is -2.27. The Kier molecular flexibility index (Phi) is 4.99. The Morgan fingerprint density at radius 1 is 1.20 bits per heavy atom. The van der Waals surface area contributed by atoms with Crippen LogP contribution in [0.25, 0.3) is 0 Å². The van der Waals surface area contributed by atoms with E-state index in [1.807, 2.05) is 11.8 Å². The molecule has 2 aliphatic rings. The maximum atomic E-state index is 12.7. The third-order valence-corrected chi connectivity index (χ3v) is 7.10. The lowest BCUT2D eigenvalue weighted by atomic mass is 10.0. The largest absolute Gasteiger partial charge is 0.379 e. The zero-order valence-electron chi connectivity index (χ0n) is 14.4. The molecular weight excluding hydrogens is 346 g/mol. The first-order chi connectivity index (χ1) is 11.8. The molecule has 2 unspecified atom stereocenters. The molecule has 0 aromatic heterocycles. The van der Waals surface area contributed by atoms with Gasteiger partial charge in [0.1, 0.15) is 5.69 Å². The standard InChI is InChI=1S/C16H23N3O5S/c1-12-5-6-18(13(12)2)15-4-3-14(11-16(15)19(20)21)25(22,23)17-7-9-24-10-8-17/h3-4,11-13H,5-10H2,1-2H3. The summed E-state index contributed by atoms with van der Waals surface area (Å²) in [6.45, 7) is 6.09. The van der Waals surface area contributed by atoms with Crippen molar-refractivity contribution in [1.29, 1.82) is 0 Å². The quantitative estimate of drug-likeness (QED) is 0.594. The number of sulfonamides is 1. The average Bonchev–Trinajstić information content (AvgIpc) is 2.94. The van der Waals surface area contributed by atoms with E-state index in [0.29, 0.717) is 24.8 Å². The van der Waals surface area contributed by atoms with Gasteiger partial charge in [0.15, 0.2) is 0 Å². The smallest absolute Gasteiger partial charge is 0.293 e. The molecule has 0 radical (unpaired) electrons. The first kappa shape index (κ1) is 18.1. The Hall–Kier alpha value is -1.71. The van der Waals surface area contributed by atoms with Crippen LogP contribution in [0.3, 0.4) is 0 Å². The summed E-state index contributed by atoms with van der Waals surface area (Å²) >= 11 is 0. The van der Waals surface area contributed by atoms with Crippen molar-refractivity contribution in [3.8, 4) is 0 Å². The van der Waals surface area contributed by atoms with E-state index >= 15 is 0 Å². The summed E-state index contributed by atoms with van der Waals surface area (Å²) < 4.78 is 32.0. The number of anilines is 1. The molecule has 0 bridgehead atoms. The van der Waals surface area contributed by atoms with Crippen LogP contribution < -0.4 is 4.90 Å². The number of nitro benzene ring substituents is 1. The van der Waals surface area contributed by atoms with Crippen LogP contribution in [0.1, 0.15) is 20.3 Å². The Labute approximate surface area is 147 Å². The molecule has 2 heterocycles. The van der Waals surface area contributed by atoms with Crippen molar-refractivity contribution in [3.63, 3.8) is 0 Å². The van der Waals surface area contributed by atoms with Crippen molar-refractivity contribution in [2.45, 2.75) is 31.2 Å². The van der Waals surface area contributed by atoms with E-state index in [1.165, 1.54) is 16.4 Å². The van der Waals surface area contributed by atoms with Gasteiger partial charge < -0.3 is 9.64 Å². The van der Waals surface area contributed by atoms with Crippen LogP contribution >= 0.6 is 0 Å². The van der Waals surface area contributed by atoms with Crippen LogP contribution in [0.4, 0.5) is 11.4 Å². The van der Waals surface area contributed by atoms with Gasteiger partial charge >= 0.3 is 0 Å². The monoisotopic (exact) mass is 369 g/mol. The fourth-order valence-electron chi connectivity index (χ4n) is 3.42. The van der Waals surface area contributed by atoms with Crippen LogP contribution in [-0.2, 0) is 14.8 Å². The second-order valence-corrected chi connectivity index (χ2v) is 8.56. The van der Waals surface area contributed by atoms with Gasteiger partial charge in [0.05, 0.1) is 23.0 Å². The second-order valence-electron chi connectivity index (χ2n) is 6.62. The number of nitrogens with zero attached hydrogens (tertiary/aromatic N) is 3. The van der Waals surface area contributed by atoms with Crippen molar-refractivity contribution in [3.05, 3.63) is 28.3 Å². The minimum atomic E-state index is -3.75. The molecule has 2 saturated heterocycles. The van der Waals surface area contributed by atoms with Crippen molar-refractivity contribution >= 4 is 21.4 Å². The van der Waals surface area contributed by atoms with Crippen LogP contribution in [0.5, 0.6) is 0 Å². The van der Waals surface area contributed by atoms with Gasteiger partial charge in [-0.05, 0) is 31.4 Å². The fourth-order valence-corrected chi connectivity index (χ4v) is 4.85. The number of rotatable bonds is 4. The molecule has 2 aliphatic heterocycles. The molecular formula is C16H23N3O5S. The van der Waals surface area contributed by atoms with E-state index in [4.69, 9.17) is 4.74 Å². The summed E-state index contributed by atoms with van der Waals surface area (Å²) in [5, 5.41) is 11.6. The number of hydrogen-bond acceptors (Lipinski definition) is 6. The van der Waals surface area contributed by atoms with Gasteiger partial charge in [-0.2, -0.15) is 4.31 Å². The van der Waals surface area contributed by atoms with E-state index in [-0.39, 0.29) is 29.7 Å². The normalized spacial score (nSPS) is 25.3. The van der Waals surface area contributed by atoms with Crippen LogP contribution in [0.2, 0.25) is 0 Å². The van der Waals surface area contributed by atoms with E-state index in [9.17, 15) is 18.5 Å². The van der Waals surface area contributed by atoms with Gasteiger partial charge in [-0.15, -0.1) is 0 Å². The highest BCUT2D eigenvalue weighted by Crippen LogP contribution is 2.37. The number of benzene rings is 1. The maximum Gasteiger partial charge on any atom is 0.293 e. The van der Waals surface area contributed by atoms with Gasteiger partial charge in [0, 0.05) is 31.7 Å². The molecule has 2 fully saturated rings. The number of ether oxygens (including phenoxy) is 1. The molecule has 1 aromatic rings. The molecule has 0 spiro atoms. The summed E-state index contributed by atoms with van der Waals surface area (Å²) in [6.07, 6.45) is 0.964. The van der Waals surface area contributed by atoms with E-state index in [1.54, 1.807) is 6.07 Å². The molecule has 3 rings (SSSR count). The molecule has 138 valence electrons. The van der Waals surface area contributed by atoms with E-state index in [0.717, 1.165) is 13.0 Å². The van der Waals surface area contributed by atoms with Crippen LogP contribution in [-0.4, -0.2) is 56.5 Å². The molecule has 0 N–H and O–H groups in total. The van der Waals surface area contributed by atoms with Crippen LogP contribution in [0.15, 0.2) is 23.1 Å². The summed E-state index contributed by atoms with van der Waals surface area (Å²) in [6, 6.07) is 4.42. The van der Waals surface area contributed by atoms with Gasteiger partial charge in [-0.25, -0.2) is 8.42 Å². The van der Waals surface area contributed by atoms with Gasteiger partial charge in [-0.1, -0.05) is 6.92 Å². The number of morpholine rings is 1.